The van der Waals surface area contributed by atoms with E-state index in [1.807, 2.05) is 11.7 Å². The highest BCUT2D eigenvalue weighted by Gasteiger charge is 2.30. The van der Waals surface area contributed by atoms with Crippen molar-refractivity contribution >= 4 is 15.9 Å². The van der Waals surface area contributed by atoms with E-state index in [1.54, 1.807) is 0 Å². The first-order chi connectivity index (χ1) is 9.56. The zero-order chi connectivity index (χ0) is 14.7. The van der Waals surface area contributed by atoms with E-state index in [0.717, 1.165) is 36.0 Å². The molecule has 4 nitrogen and oxygen atoms in total. The van der Waals surface area contributed by atoms with Gasteiger partial charge in [-0.1, -0.05) is 13.8 Å². The van der Waals surface area contributed by atoms with E-state index in [0.29, 0.717) is 18.2 Å². The average Bonchev–Trinajstić information content (AvgIpc) is 2.96. The molecule has 0 bridgehead atoms. The van der Waals surface area contributed by atoms with Gasteiger partial charge in [-0.2, -0.15) is 5.10 Å². The molecule has 0 aromatic carbocycles. The number of aryl methyl sites for hydroxylation is 2. The van der Waals surface area contributed by atoms with E-state index >= 15 is 0 Å². The summed E-state index contributed by atoms with van der Waals surface area (Å²) in [5.74, 6) is 0. The summed E-state index contributed by atoms with van der Waals surface area (Å²) in [5, 5.41) is 8.17. The Morgan fingerprint density at radius 1 is 1.45 bits per heavy atom. The molecule has 0 radical (unpaired) electrons. The zero-order valence-electron chi connectivity index (χ0n) is 12.9. The van der Waals surface area contributed by atoms with Crippen molar-refractivity contribution in [3.8, 4) is 0 Å². The smallest absolute Gasteiger partial charge is 0.0766 e. The number of likely N-dealkylation sites (N-methyl/N-ethyl adjacent to an activating group) is 1. The molecule has 1 N–H and O–H groups in total. The Morgan fingerprint density at radius 3 is 2.70 bits per heavy atom. The second kappa shape index (κ2) is 7.05. The molecule has 114 valence electrons. The maximum Gasteiger partial charge on any atom is 0.0766 e. The molecular formula is C15H26BrN3O. The van der Waals surface area contributed by atoms with Gasteiger partial charge >= 0.3 is 0 Å². The van der Waals surface area contributed by atoms with Crippen LogP contribution in [0.15, 0.2) is 4.47 Å². The lowest BCUT2D eigenvalue weighted by atomic mass is 10.0. The molecule has 0 spiro atoms. The van der Waals surface area contributed by atoms with Crippen molar-refractivity contribution < 1.29 is 4.74 Å². The SMILES string of the molecule is CCNC(Cc1c(Br)c(CC)nn1C)C1CCC(C)O1. The number of hydrogen-bond acceptors (Lipinski definition) is 3. The van der Waals surface area contributed by atoms with Gasteiger partial charge in [-0.25, -0.2) is 0 Å². The Kier molecular flexibility index (Phi) is 5.64. The minimum Gasteiger partial charge on any atom is -0.374 e. The fourth-order valence-corrected chi connectivity index (χ4v) is 3.75. The molecule has 3 atom stereocenters. The highest BCUT2D eigenvalue weighted by molar-refractivity contribution is 9.10. The maximum absolute atomic E-state index is 6.05. The van der Waals surface area contributed by atoms with E-state index in [9.17, 15) is 0 Å². The standard InChI is InChI=1S/C15H26BrN3O/c1-5-11-15(16)13(19(4)18-11)9-12(17-6-2)14-8-7-10(3)20-14/h10,12,14,17H,5-9H2,1-4H3. The van der Waals surface area contributed by atoms with E-state index < -0.39 is 0 Å². The number of aromatic nitrogens is 2. The van der Waals surface area contributed by atoms with Gasteiger partial charge in [0.15, 0.2) is 0 Å². The van der Waals surface area contributed by atoms with Crippen molar-refractivity contribution in [1.82, 2.24) is 15.1 Å². The average molecular weight is 344 g/mol. The van der Waals surface area contributed by atoms with Crippen LogP contribution in [-0.4, -0.2) is 34.6 Å². The third-order valence-corrected chi connectivity index (χ3v) is 5.01. The summed E-state index contributed by atoms with van der Waals surface area (Å²) in [6, 6.07) is 0.362. The van der Waals surface area contributed by atoms with Gasteiger partial charge in [0, 0.05) is 19.5 Å². The summed E-state index contributed by atoms with van der Waals surface area (Å²) in [5.41, 5.74) is 2.40. The summed E-state index contributed by atoms with van der Waals surface area (Å²) in [6.07, 6.45) is 4.93. The van der Waals surface area contributed by atoms with Gasteiger partial charge in [-0.3, -0.25) is 4.68 Å². The minimum atomic E-state index is 0.317. The fourth-order valence-electron chi connectivity index (χ4n) is 2.98. The van der Waals surface area contributed by atoms with Gasteiger partial charge in [0.2, 0.25) is 0 Å². The van der Waals surface area contributed by atoms with Crippen LogP contribution >= 0.6 is 15.9 Å². The molecule has 5 heteroatoms. The van der Waals surface area contributed by atoms with E-state index in [-0.39, 0.29) is 0 Å². The van der Waals surface area contributed by atoms with Crippen LogP contribution in [0.5, 0.6) is 0 Å². The van der Waals surface area contributed by atoms with Crippen molar-refractivity contribution in [2.75, 3.05) is 6.54 Å². The third-order valence-electron chi connectivity index (χ3n) is 4.10. The molecule has 1 saturated heterocycles. The van der Waals surface area contributed by atoms with Gasteiger partial charge in [-0.15, -0.1) is 0 Å². The van der Waals surface area contributed by atoms with E-state index in [4.69, 9.17) is 4.74 Å². The number of hydrogen-bond donors (Lipinski definition) is 1. The zero-order valence-corrected chi connectivity index (χ0v) is 14.5. The van der Waals surface area contributed by atoms with Gasteiger partial charge in [0.05, 0.1) is 28.1 Å². The van der Waals surface area contributed by atoms with Crippen LogP contribution in [-0.2, 0) is 24.6 Å². The van der Waals surface area contributed by atoms with Crippen LogP contribution in [0.3, 0.4) is 0 Å². The number of ether oxygens (including phenoxy) is 1. The highest BCUT2D eigenvalue weighted by Crippen LogP contribution is 2.27. The summed E-state index contributed by atoms with van der Waals surface area (Å²) in [7, 11) is 2.03. The number of rotatable bonds is 6. The van der Waals surface area contributed by atoms with Crippen LogP contribution in [0.1, 0.15) is 45.0 Å². The lowest BCUT2D eigenvalue weighted by Gasteiger charge is -2.24. The summed E-state index contributed by atoms with van der Waals surface area (Å²) >= 11 is 3.71. The number of nitrogens with one attached hydrogen (secondary N) is 1. The number of nitrogens with zero attached hydrogens (tertiary/aromatic N) is 2. The molecule has 1 aliphatic heterocycles. The normalized spacial score (nSPS) is 24.2. The second-order valence-electron chi connectivity index (χ2n) is 5.62. The molecule has 2 heterocycles. The number of halogens is 1. The van der Waals surface area contributed by atoms with Gasteiger partial charge < -0.3 is 10.1 Å². The van der Waals surface area contributed by atoms with Gasteiger partial charge in [-0.05, 0) is 48.7 Å². The van der Waals surface area contributed by atoms with Crippen LogP contribution in [0, 0.1) is 0 Å². The largest absolute Gasteiger partial charge is 0.374 e. The third kappa shape index (κ3) is 3.43. The summed E-state index contributed by atoms with van der Waals surface area (Å²) in [4.78, 5) is 0. The van der Waals surface area contributed by atoms with Crippen molar-refractivity contribution in [3.63, 3.8) is 0 Å². The molecule has 0 saturated carbocycles. The summed E-state index contributed by atoms with van der Waals surface area (Å²) < 4.78 is 9.22. The maximum atomic E-state index is 6.05. The quantitative estimate of drug-likeness (QED) is 0.863. The molecule has 3 unspecified atom stereocenters. The molecule has 1 aliphatic rings. The Hall–Kier alpha value is -0.390. The lowest BCUT2D eigenvalue weighted by Crippen LogP contribution is -2.42. The Labute approximate surface area is 130 Å². The van der Waals surface area contributed by atoms with Crippen LogP contribution < -0.4 is 5.32 Å². The van der Waals surface area contributed by atoms with Crippen LogP contribution in [0.2, 0.25) is 0 Å². The molecule has 2 rings (SSSR count). The predicted octanol–water partition coefficient (Wildman–Crippen LogP) is 2.83. The molecule has 20 heavy (non-hydrogen) atoms. The van der Waals surface area contributed by atoms with Crippen molar-refractivity contribution in [2.24, 2.45) is 7.05 Å². The molecule has 0 aliphatic carbocycles. The molecule has 1 aromatic rings. The first kappa shape index (κ1) is 16.0. The minimum absolute atomic E-state index is 0.317. The van der Waals surface area contributed by atoms with Crippen LogP contribution in [0.4, 0.5) is 0 Å². The lowest BCUT2D eigenvalue weighted by molar-refractivity contribution is 0.0320. The Bertz CT molecular complexity index is 447. The van der Waals surface area contributed by atoms with Crippen molar-refractivity contribution in [2.45, 2.75) is 64.7 Å². The van der Waals surface area contributed by atoms with Crippen molar-refractivity contribution in [1.29, 1.82) is 0 Å². The molecule has 0 amide bonds. The molecule has 1 fully saturated rings. The highest BCUT2D eigenvalue weighted by atomic mass is 79.9. The van der Waals surface area contributed by atoms with E-state index in [2.05, 4.69) is 47.1 Å². The second-order valence-corrected chi connectivity index (χ2v) is 6.41. The van der Waals surface area contributed by atoms with E-state index in [1.165, 1.54) is 12.1 Å². The Morgan fingerprint density at radius 2 is 2.20 bits per heavy atom. The fraction of sp³-hybridized carbons (Fsp3) is 0.800. The monoisotopic (exact) mass is 343 g/mol. The van der Waals surface area contributed by atoms with Gasteiger partial charge in [0.1, 0.15) is 0 Å². The predicted molar refractivity (Wildman–Crippen MR) is 85.0 cm³/mol. The van der Waals surface area contributed by atoms with Crippen molar-refractivity contribution in [3.05, 3.63) is 15.9 Å². The molecule has 1 aromatic heterocycles. The summed E-state index contributed by atoms with van der Waals surface area (Å²) in [6.45, 7) is 7.43. The van der Waals surface area contributed by atoms with Crippen LogP contribution in [0.25, 0.3) is 0 Å². The topological polar surface area (TPSA) is 39.1 Å². The van der Waals surface area contributed by atoms with Gasteiger partial charge in [0.25, 0.3) is 0 Å². The first-order valence-electron chi connectivity index (χ1n) is 7.65. The molecular weight excluding hydrogens is 318 g/mol. The first-order valence-corrected chi connectivity index (χ1v) is 8.45. The Balaban J connectivity index is 2.13.